The van der Waals surface area contributed by atoms with Gasteiger partial charge in [-0.2, -0.15) is 0 Å². The topological polar surface area (TPSA) is 34.6 Å². The molecular formula is C21H28N2O2S. The normalized spacial score (nSPS) is 26.2. The summed E-state index contributed by atoms with van der Waals surface area (Å²) in [6, 6.07) is 11.1. The summed E-state index contributed by atoms with van der Waals surface area (Å²) in [5.74, 6) is 0.584. The van der Waals surface area contributed by atoms with E-state index in [0.29, 0.717) is 24.7 Å². The molecule has 1 aliphatic heterocycles. The van der Waals surface area contributed by atoms with Crippen molar-refractivity contribution >= 4 is 11.3 Å². The van der Waals surface area contributed by atoms with Crippen LogP contribution in [0.4, 0.5) is 0 Å². The number of pyridine rings is 1. The smallest absolute Gasteiger partial charge is 0.0888 e. The third-order valence-electron chi connectivity index (χ3n) is 5.45. The Balaban J connectivity index is 1.29. The van der Waals surface area contributed by atoms with E-state index in [1.807, 2.05) is 36.5 Å². The minimum Gasteiger partial charge on any atom is -0.375 e. The molecule has 2 aliphatic rings. The van der Waals surface area contributed by atoms with Gasteiger partial charge in [-0.3, -0.25) is 9.88 Å². The quantitative estimate of drug-likeness (QED) is 0.769. The largest absolute Gasteiger partial charge is 0.375 e. The zero-order chi connectivity index (χ0) is 17.9. The number of fused-ring (bicyclic) bond motifs is 1. The van der Waals surface area contributed by atoms with E-state index in [1.54, 1.807) is 0 Å². The van der Waals surface area contributed by atoms with Crippen molar-refractivity contribution in [2.75, 3.05) is 19.8 Å². The highest BCUT2D eigenvalue weighted by molar-refractivity contribution is 7.11. The van der Waals surface area contributed by atoms with Crippen molar-refractivity contribution in [1.29, 1.82) is 0 Å². The van der Waals surface area contributed by atoms with E-state index in [2.05, 4.69) is 28.9 Å². The molecule has 4 rings (SSSR count). The fraction of sp³-hybridized carbons (Fsp3) is 0.571. The molecule has 2 fully saturated rings. The average molecular weight is 373 g/mol. The van der Waals surface area contributed by atoms with Crippen LogP contribution >= 0.6 is 11.3 Å². The first kappa shape index (κ1) is 18.1. The average Bonchev–Trinajstić information content (AvgIpc) is 3.21. The monoisotopic (exact) mass is 372 g/mol. The number of rotatable bonds is 6. The molecule has 0 radical (unpaired) electrons. The van der Waals surface area contributed by atoms with Gasteiger partial charge in [-0.15, -0.1) is 11.3 Å². The number of ether oxygens (including phenoxy) is 2. The van der Waals surface area contributed by atoms with Crippen LogP contribution in [0.2, 0.25) is 0 Å². The summed E-state index contributed by atoms with van der Waals surface area (Å²) in [4.78, 5) is 10.0. The van der Waals surface area contributed by atoms with Gasteiger partial charge in [-0.25, -0.2) is 0 Å². The molecule has 0 N–H and O–H groups in total. The van der Waals surface area contributed by atoms with E-state index < -0.39 is 0 Å². The molecule has 3 heterocycles. The summed E-state index contributed by atoms with van der Waals surface area (Å²) in [5, 5.41) is 0. The van der Waals surface area contributed by atoms with Crippen molar-refractivity contribution in [1.82, 2.24) is 9.88 Å². The van der Waals surface area contributed by atoms with Gasteiger partial charge < -0.3 is 9.47 Å². The Hall–Kier alpha value is -1.27. The molecule has 4 nitrogen and oxygen atoms in total. The minimum absolute atomic E-state index is 0.371. The van der Waals surface area contributed by atoms with E-state index in [1.165, 1.54) is 16.2 Å². The first-order valence-corrected chi connectivity index (χ1v) is 10.4. The highest BCUT2D eigenvalue weighted by atomic mass is 32.1. The second-order valence-corrected chi connectivity index (χ2v) is 8.95. The number of thiophene rings is 1. The van der Waals surface area contributed by atoms with Gasteiger partial charge in [0.2, 0.25) is 0 Å². The van der Waals surface area contributed by atoms with Crippen LogP contribution in [-0.2, 0) is 22.6 Å². The van der Waals surface area contributed by atoms with E-state index in [4.69, 9.17) is 9.47 Å². The second kappa shape index (κ2) is 8.17. The first-order valence-electron chi connectivity index (χ1n) is 9.58. The molecule has 3 atom stereocenters. The number of morpholine rings is 1. The maximum atomic E-state index is 6.08. The van der Waals surface area contributed by atoms with Crippen LogP contribution in [0.25, 0.3) is 0 Å². The summed E-state index contributed by atoms with van der Waals surface area (Å²) in [7, 11) is 0. The molecular weight excluding hydrogens is 344 g/mol. The van der Waals surface area contributed by atoms with Gasteiger partial charge in [-0.05, 0) is 56.9 Å². The standard InChI is InChI=1S/C21H28N2O2S/c1-15-4-3-5-18(22-15)14-24-13-17-10-20-21(11-17)25-9-8-23(20)12-19-7-6-16(2)26-19/h3-7,17,20-21H,8-14H2,1-2H3/t17-,20-,21+/m0/s1. The van der Waals surface area contributed by atoms with Gasteiger partial charge >= 0.3 is 0 Å². The maximum Gasteiger partial charge on any atom is 0.0888 e. The molecule has 1 saturated carbocycles. The lowest BCUT2D eigenvalue weighted by atomic mass is 10.1. The summed E-state index contributed by atoms with van der Waals surface area (Å²) in [5.41, 5.74) is 2.07. The molecule has 0 spiro atoms. The Morgan fingerprint density at radius 3 is 2.96 bits per heavy atom. The van der Waals surface area contributed by atoms with E-state index in [-0.39, 0.29) is 0 Å². The number of nitrogens with zero attached hydrogens (tertiary/aromatic N) is 2. The minimum atomic E-state index is 0.371. The van der Waals surface area contributed by atoms with E-state index in [9.17, 15) is 0 Å². The first-order chi connectivity index (χ1) is 12.7. The Morgan fingerprint density at radius 2 is 2.15 bits per heavy atom. The molecule has 1 saturated heterocycles. The lowest BCUT2D eigenvalue weighted by molar-refractivity contribution is -0.0588. The van der Waals surface area contributed by atoms with Crippen molar-refractivity contribution < 1.29 is 9.47 Å². The number of aryl methyl sites for hydroxylation is 2. The van der Waals surface area contributed by atoms with E-state index >= 15 is 0 Å². The summed E-state index contributed by atoms with van der Waals surface area (Å²) < 4.78 is 12.1. The number of hydrogen-bond acceptors (Lipinski definition) is 5. The molecule has 2 aromatic rings. The van der Waals surface area contributed by atoms with Gasteiger partial charge in [0.05, 0.1) is 31.6 Å². The molecule has 140 valence electrons. The molecule has 0 amide bonds. The predicted octanol–water partition coefficient (Wildman–Crippen LogP) is 3.96. The van der Waals surface area contributed by atoms with Crippen LogP contribution in [-0.4, -0.2) is 41.8 Å². The summed E-state index contributed by atoms with van der Waals surface area (Å²) in [6.07, 6.45) is 2.66. The summed E-state index contributed by atoms with van der Waals surface area (Å²) >= 11 is 1.91. The Labute approximate surface area is 160 Å². The zero-order valence-electron chi connectivity index (χ0n) is 15.7. The number of hydrogen-bond donors (Lipinski definition) is 0. The van der Waals surface area contributed by atoms with Gasteiger partial charge in [0, 0.05) is 34.6 Å². The highest BCUT2D eigenvalue weighted by Gasteiger charge is 2.41. The molecule has 5 heteroatoms. The lowest BCUT2D eigenvalue weighted by Crippen LogP contribution is -2.47. The van der Waals surface area contributed by atoms with Crippen LogP contribution in [0.15, 0.2) is 30.3 Å². The highest BCUT2D eigenvalue weighted by Crippen LogP contribution is 2.35. The van der Waals surface area contributed by atoms with E-state index in [0.717, 1.165) is 44.1 Å². The third-order valence-corrected chi connectivity index (χ3v) is 6.44. The van der Waals surface area contributed by atoms with Gasteiger partial charge in [0.25, 0.3) is 0 Å². The molecule has 0 bridgehead atoms. The van der Waals surface area contributed by atoms with Crippen LogP contribution < -0.4 is 0 Å². The molecule has 26 heavy (non-hydrogen) atoms. The van der Waals surface area contributed by atoms with Crippen molar-refractivity contribution in [2.45, 2.75) is 52.0 Å². The molecule has 0 aromatic carbocycles. The fourth-order valence-corrected chi connectivity index (χ4v) is 5.15. The van der Waals surface area contributed by atoms with Crippen LogP contribution in [0.3, 0.4) is 0 Å². The zero-order valence-corrected chi connectivity index (χ0v) is 16.5. The van der Waals surface area contributed by atoms with Crippen LogP contribution in [0.1, 0.15) is 34.0 Å². The predicted molar refractivity (Wildman–Crippen MR) is 104 cm³/mol. The van der Waals surface area contributed by atoms with Crippen LogP contribution in [0, 0.1) is 19.8 Å². The second-order valence-electron chi connectivity index (χ2n) is 7.58. The third kappa shape index (κ3) is 4.34. The van der Waals surface area contributed by atoms with Gasteiger partial charge in [0.1, 0.15) is 0 Å². The molecule has 2 aromatic heterocycles. The van der Waals surface area contributed by atoms with Crippen molar-refractivity contribution in [3.63, 3.8) is 0 Å². The Kier molecular flexibility index (Phi) is 5.69. The Morgan fingerprint density at radius 1 is 1.23 bits per heavy atom. The fourth-order valence-electron chi connectivity index (χ4n) is 4.24. The van der Waals surface area contributed by atoms with Crippen molar-refractivity contribution in [2.24, 2.45) is 5.92 Å². The number of aromatic nitrogens is 1. The lowest BCUT2D eigenvalue weighted by Gasteiger charge is -2.37. The maximum absolute atomic E-state index is 6.08. The van der Waals surface area contributed by atoms with Gasteiger partial charge in [0.15, 0.2) is 0 Å². The molecule has 0 unspecified atom stereocenters. The summed E-state index contributed by atoms with van der Waals surface area (Å²) in [6.45, 7) is 8.56. The SMILES string of the molecule is Cc1cccc(COC[C@@H]2C[C@H]3OCCN(Cc4ccc(C)s4)[C@H]3C2)n1. The molecule has 1 aliphatic carbocycles. The van der Waals surface area contributed by atoms with Gasteiger partial charge in [-0.1, -0.05) is 6.07 Å². The van der Waals surface area contributed by atoms with Crippen molar-refractivity contribution in [3.8, 4) is 0 Å². The van der Waals surface area contributed by atoms with Crippen LogP contribution in [0.5, 0.6) is 0 Å². The van der Waals surface area contributed by atoms with Crippen molar-refractivity contribution in [3.05, 3.63) is 51.5 Å². The Bertz CT molecular complexity index is 732.